The van der Waals surface area contributed by atoms with Crippen molar-refractivity contribution in [2.24, 2.45) is 0 Å². The Morgan fingerprint density at radius 3 is 2.48 bits per heavy atom. The number of rotatable bonds is 6. The second kappa shape index (κ2) is 8.70. The lowest BCUT2D eigenvalue weighted by Crippen LogP contribution is -2.26. The van der Waals surface area contributed by atoms with E-state index in [0.717, 1.165) is 25.7 Å². The Hall–Kier alpha value is -3.66. The van der Waals surface area contributed by atoms with Gasteiger partial charge >= 0.3 is 0 Å². The molecule has 7 nitrogen and oxygen atoms in total. The molecule has 0 amide bonds. The Morgan fingerprint density at radius 2 is 1.73 bits per heavy atom. The minimum absolute atomic E-state index is 0.0460. The zero-order valence-corrected chi connectivity index (χ0v) is 17.7. The molecule has 1 aliphatic rings. The molecule has 3 N–H and O–H groups in total. The molecule has 0 radical (unpaired) electrons. The standard InChI is InChI=1S/C23H22F3N7/c24-14-6-8-15(9-7-14)33-21(27)18-20(16-4-3-5-17(25)19(16)26)29-23(30-22(18)31-33)28-10-13-32-11-1-2-12-32/h3-9H,1-2,10-13,27H2,(H,28,30,31). The molecule has 10 heteroatoms. The predicted octanol–water partition coefficient (Wildman–Crippen LogP) is 3.99. The van der Waals surface area contributed by atoms with Gasteiger partial charge in [-0.2, -0.15) is 4.98 Å². The zero-order valence-electron chi connectivity index (χ0n) is 17.7. The summed E-state index contributed by atoms with van der Waals surface area (Å²) in [6, 6.07) is 9.48. The quantitative estimate of drug-likeness (QED) is 0.459. The molecule has 0 saturated carbocycles. The monoisotopic (exact) mass is 453 g/mol. The van der Waals surface area contributed by atoms with E-state index < -0.39 is 17.5 Å². The first-order valence-corrected chi connectivity index (χ1v) is 10.7. The van der Waals surface area contributed by atoms with Crippen LogP contribution in [0, 0.1) is 17.5 Å². The predicted molar refractivity (Wildman–Crippen MR) is 121 cm³/mol. The highest BCUT2D eigenvalue weighted by Crippen LogP contribution is 2.34. The van der Waals surface area contributed by atoms with Crippen molar-refractivity contribution in [3.63, 3.8) is 0 Å². The Bertz CT molecular complexity index is 1300. The second-order valence-corrected chi connectivity index (χ2v) is 7.94. The summed E-state index contributed by atoms with van der Waals surface area (Å²) in [6.07, 6.45) is 2.37. The Kier molecular flexibility index (Phi) is 5.59. The van der Waals surface area contributed by atoms with Crippen LogP contribution in [0.3, 0.4) is 0 Å². The number of hydrogen-bond donors (Lipinski definition) is 2. The minimum Gasteiger partial charge on any atom is -0.383 e. The molecule has 2 aromatic carbocycles. The maximum atomic E-state index is 14.7. The fraction of sp³-hybridized carbons (Fsp3) is 0.261. The molecule has 0 aliphatic carbocycles. The molecule has 0 unspecified atom stereocenters. The Morgan fingerprint density at radius 1 is 0.970 bits per heavy atom. The van der Waals surface area contributed by atoms with Crippen molar-refractivity contribution < 1.29 is 13.2 Å². The van der Waals surface area contributed by atoms with E-state index in [9.17, 15) is 13.2 Å². The molecular weight excluding hydrogens is 431 g/mol. The van der Waals surface area contributed by atoms with Gasteiger partial charge in [0.05, 0.1) is 16.8 Å². The van der Waals surface area contributed by atoms with Crippen LogP contribution in [0.4, 0.5) is 24.9 Å². The number of nitrogen functional groups attached to an aromatic ring is 1. The van der Waals surface area contributed by atoms with E-state index in [-0.39, 0.29) is 34.1 Å². The topological polar surface area (TPSA) is 84.9 Å². The number of likely N-dealkylation sites (tertiary alicyclic amines) is 1. The first kappa shape index (κ1) is 21.2. The molecule has 170 valence electrons. The highest BCUT2D eigenvalue weighted by Gasteiger charge is 2.22. The van der Waals surface area contributed by atoms with Crippen molar-refractivity contribution >= 4 is 22.8 Å². The molecule has 0 atom stereocenters. The van der Waals surface area contributed by atoms with E-state index >= 15 is 0 Å². The molecule has 1 aliphatic heterocycles. The number of anilines is 2. The lowest BCUT2D eigenvalue weighted by molar-refractivity contribution is 0.352. The van der Waals surface area contributed by atoms with Crippen molar-refractivity contribution in [3.05, 3.63) is 59.9 Å². The van der Waals surface area contributed by atoms with Gasteiger partial charge in [-0.15, -0.1) is 5.10 Å². The van der Waals surface area contributed by atoms with Crippen molar-refractivity contribution in [2.75, 3.05) is 37.2 Å². The average molecular weight is 453 g/mol. The van der Waals surface area contributed by atoms with Crippen LogP contribution in [-0.2, 0) is 0 Å². The molecular formula is C23H22F3N7. The van der Waals surface area contributed by atoms with Crippen LogP contribution in [0.1, 0.15) is 12.8 Å². The molecule has 33 heavy (non-hydrogen) atoms. The van der Waals surface area contributed by atoms with E-state index in [4.69, 9.17) is 5.73 Å². The highest BCUT2D eigenvalue weighted by molar-refractivity contribution is 5.99. The summed E-state index contributed by atoms with van der Waals surface area (Å²) >= 11 is 0. The Balaban J connectivity index is 1.60. The number of nitrogens with two attached hydrogens (primary N) is 1. The van der Waals surface area contributed by atoms with Crippen LogP contribution in [0.25, 0.3) is 28.0 Å². The minimum atomic E-state index is -1.03. The van der Waals surface area contributed by atoms with Gasteiger partial charge in [0.25, 0.3) is 0 Å². The number of halogens is 3. The van der Waals surface area contributed by atoms with Gasteiger partial charge in [0, 0.05) is 18.7 Å². The van der Waals surface area contributed by atoms with Crippen LogP contribution < -0.4 is 11.1 Å². The number of nitrogens with one attached hydrogen (secondary N) is 1. The van der Waals surface area contributed by atoms with E-state index in [1.807, 2.05) is 0 Å². The van der Waals surface area contributed by atoms with Crippen LogP contribution >= 0.6 is 0 Å². The van der Waals surface area contributed by atoms with Gasteiger partial charge in [-0.1, -0.05) is 6.07 Å². The molecule has 2 aromatic heterocycles. The van der Waals surface area contributed by atoms with E-state index in [1.165, 1.54) is 53.9 Å². The third kappa shape index (κ3) is 4.09. The summed E-state index contributed by atoms with van der Waals surface area (Å²) in [5, 5.41) is 7.90. The largest absolute Gasteiger partial charge is 0.383 e. The number of hydrogen-bond acceptors (Lipinski definition) is 6. The number of fused-ring (bicyclic) bond motifs is 1. The molecule has 4 aromatic rings. The van der Waals surface area contributed by atoms with Gasteiger partial charge in [-0.05, 0) is 62.3 Å². The van der Waals surface area contributed by atoms with Gasteiger partial charge in [-0.25, -0.2) is 22.8 Å². The maximum Gasteiger partial charge on any atom is 0.225 e. The number of aromatic nitrogens is 4. The lowest BCUT2D eigenvalue weighted by atomic mass is 10.1. The SMILES string of the molecule is Nc1c2c(-c3cccc(F)c3F)nc(NCCN3CCCC3)nc2nn1-c1ccc(F)cc1. The third-order valence-corrected chi connectivity index (χ3v) is 5.76. The fourth-order valence-corrected chi connectivity index (χ4v) is 4.08. The van der Waals surface area contributed by atoms with E-state index in [2.05, 4.69) is 25.3 Å². The summed E-state index contributed by atoms with van der Waals surface area (Å²) in [5.74, 6) is -2.05. The second-order valence-electron chi connectivity index (χ2n) is 7.94. The zero-order chi connectivity index (χ0) is 22.9. The number of nitrogens with zero attached hydrogens (tertiary/aromatic N) is 5. The van der Waals surface area contributed by atoms with Crippen molar-refractivity contribution in [2.45, 2.75) is 12.8 Å². The van der Waals surface area contributed by atoms with Crippen LogP contribution in [0.15, 0.2) is 42.5 Å². The molecule has 0 bridgehead atoms. The van der Waals surface area contributed by atoms with Crippen LogP contribution in [0.2, 0.25) is 0 Å². The molecule has 5 rings (SSSR count). The molecule has 1 fully saturated rings. The average Bonchev–Trinajstić information content (AvgIpc) is 3.44. The highest BCUT2D eigenvalue weighted by atomic mass is 19.2. The summed E-state index contributed by atoms with van der Waals surface area (Å²) in [7, 11) is 0. The normalized spacial score (nSPS) is 14.3. The van der Waals surface area contributed by atoms with Crippen molar-refractivity contribution in [3.8, 4) is 16.9 Å². The Labute approximate surface area is 188 Å². The van der Waals surface area contributed by atoms with Gasteiger partial charge in [0.2, 0.25) is 5.95 Å². The lowest BCUT2D eigenvalue weighted by Gasteiger charge is -2.15. The molecule has 3 heterocycles. The summed E-state index contributed by atoms with van der Waals surface area (Å²) < 4.78 is 43.5. The van der Waals surface area contributed by atoms with Gasteiger partial charge in [0.1, 0.15) is 11.6 Å². The van der Waals surface area contributed by atoms with Gasteiger partial charge in [0.15, 0.2) is 17.3 Å². The summed E-state index contributed by atoms with van der Waals surface area (Å²) in [4.78, 5) is 11.3. The van der Waals surface area contributed by atoms with Crippen molar-refractivity contribution in [1.29, 1.82) is 0 Å². The van der Waals surface area contributed by atoms with Crippen LogP contribution in [-0.4, -0.2) is 50.8 Å². The van der Waals surface area contributed by atoms with E-state index in [1.54, 1.807) is 0 Å². The third-order valence-electron chi connectivity index (χ3n) is 5.76. The molecule has 0 spiro atoms. The molecule has 1 saturated heterocycles. The smallest absolute Gasteiger partial charge is 0.225 e. The first-order chi connectivity index (χ1) is 16.0. The maximum absolute atomic E-state index is 14.7. The van der Waals surface area contributed by atoms with Crippen LogP contribution in [0.5, 0.6) is 0 Å². The van der Waals surface area contributed by atoms with Crippen molar-refractivity contribution in [1.82, 2.24) is 24.6 Å². The fourth-order valence-electron chi connectivity index (χ4n) is 4.08. The van der Waals surface area contributed by atoms with Gasteiger partial charge in [-0.3, -0.25) is 0 Å². The van der Waals surface area contributed by atoms with E-state index in [0.29, 0.717) is 12.2 Å². The van der Waals surface area contributed by atoms with Gasteiger partial charge < -0.3 is 16.0 Å². The summed E-state index contributed by atoms with van der Waals surface area (Å²) in [6.45, 7) is 3.52. The first-order valence-electron chi connectivity index (χ1n) is 10.7. The number of benzene rings is 2. The summed E-state index contributed by atoms with van der Waals surface area (Å²) in [5.41, 5.74) is 7.15.